The average molecular weight is 561 g/mol. The van der Waals surface area contributed by atoms with Gasteiger partial charge in [-0.15, -0.1) is 11.3 Å². The van der Waals surface area contributed by atoms with Crippen LogP contribution in [0.25, 0.3) is 0 Å². The third-order valence-corrected chi connectivity index (χ3v) is 9.42. The Labute approximate surface area is 218 Å². The second-order valence-electron chi connectivity index (χ2n) is 9.87. The first-order valence-corrected chi connectivity index (χ1v) is 14.7. The van der Waals surface area contributed by atoms with Gasteiger partial charge in [0.1, 0.15) is 0 Å². The van der Waals surface area contributed by atoms with Gasteiger partial charge in [-0.05, 0) is 36.8 Å². The molecule has 37 heavy (non-hydrogen) atoms. The molecular formula is C24H31F3N4O4S2. The number of amides is 1. The summed E-state index contributed by atoms with van der Waals surface area (Å²) in [5.41, 5.74) is 1.35. The lowest BCUT2D eigenvalue weighted by atomic mass is 9.95. The maximum absolute atomic E-state index is 12.9. The lowest BCUT2D eigenvalue weighted by Crippen LogP contribution is -2.41. The molecule has 1 N–H and O–H groups in total. The Hall–Kier alpha value is -2.09. The average Bonchev–Trinajstić information content (AvgIpc) is 3.35. The van der Waals surface area contributed by atoms with E-state index in [-0.39, 0.29) is 53.9 Å². The van der Waals surface area contributed by atoms with Crippen LogP contribution in [0.5, 0.6) is 0 Å². The molecule has 1 amide bonds. The molecule has 0 spiro atoms. The number of carbonyl (C=O) groups excluding carboxylic acids is 1. The summed E-state index contributed by atoms with van der Waals surface area (Å²) in [4.78, 5) is 24.8. The molecule has 0 radical (unpaired) electrons. The maximum atomic E-state index is 12.9. The fourth-order valence-electron chi connectivity index (χ4n) is 4.87. The van der Waals surface area contributed by atoms with Crippen molar-refractivity contribution in [3.05, 3.63) is 34.6 Å². The van der Waals surface area contributed by atoms with E-state index in [0.29, 0.717) is 30.3 Å². The number of rotatable bonds is 8. The third-order valence-electron chi connectivity index (χ3n) is 6.73. The Bertz CT molecular complexity index is 1210. The van der Waals surface area contributed by atoms with Crippen molar-refractivity contribution in [3.8, 4) is 0 Å². The van der Waals surface area contributed by atoms with E-state index in [1.165, 1.54) is 29.7 Å². The normalized spacial score (nSPS) is 22.8. The van der Waals surface area contributed by atoms with Crippen LogP contribution in [0.4, 0.5) is 18.3 Å². The summed E-state index contributed by atoms with van der Waals surface area (Å²) in [6.07, 6.45) is -4.29. The van der Waals surface area contributed by atoms with Gasteiger partial charge in [-0.3, -0.25) is 14.7 Å². The predicted octanol–water partition coefficient (Wildman–Crippen LogP) is 4.38. The van der Waals surface area contributed by atoms with Gasteiger partial charge in [0.05, 0.1) is 35.4 Å². The van der Waals surface area contributed by atoms with Crippen LogP contribution in [0.2, 0.25) is 0 Å². The van der Waals surface area contributed by atoms with E-state index in [1.807, 2.05) is 0 Å². The minimum absolute atomic E-state index is 0.00645. The first-order valence-electron chi connectivity index (χ1n) is 12.3. The van der Waals surface area contributed by atoms with Gasteiger partial charge in [-0.2, -0.15) is 13.2 Å². The predicted molar refractivity (Wildman–Crippen MR) is 133 cm³/mol. The first-order chi connectivity index (χ1) is 17.4. The van der Waals surface area contributed by atoms with E-state index in [9.17, 15) is 26.4 Å². The highest BCUT2D eigenvalue weighted by atomic mass is 32.2. The number of pyridine rings is 1. The highest BCUT2D eigenvalue weighted by Gasteiger charge is 2.44. The quantitative estimate of drug-likeness (QED) is 0.511. The highest BCUT2D eigenvalue weighted by Crippen LogP contribution is 2.43. The lowest BCUT2D eigenvalue weighted by Gasteiger charge is -2.35. The van der Waals surface area contributed by atoms with Gasteiger partial charge in [0.2, 0.25) is 5.91 Å². The zero-order chi connectivity index (χ0) is 27.0. The van der Waals surface area contributed by atoms with Crippen LogP contribution in [0.3, 0.4) is 0 Å². The summed E-state index contributed by atoms with van der Waals surface area (Å²) in [5.74, 6) is -0.0754. The number of nitrogens with zero attached hydrogens (tertiary/aromatic N) is 3. The van der Waals surface area contributed by atoms with E-state index >= 15 is 0 Å². The minimum atomic E-state index is -4.32. The number of thiazole rings is 1. The summed E-state index contributed by atoms with van der Waals surface area (Å²) in [6, 6.07) is 2.99. The fraction of sp³-hybridized carbons (Fsp3) is 0.625. The van der Waals surface area contributed by atoms with E-state index in [1.54, 1.807) is 6.92 Å². The zero-order valence-corrected chi connectivity index (χ0v) is 22.5. The number of alkyl halides is 3. The van der Waals surface area contributed by atoms with E-state index in [2.05, 4.69) is 34.0 Å². The van der Waals surface area contributed by atoms with Crippen LogP contribution in [-0.2, 0) is 32.3 Å². The number of sulfone groups is 1. The van der Waals surface area contributed by atoms with Crippen LogP contribution in [0.15, 0.2) is 23.2 Å². The Kier molecular flexibility index (Phi) is 8.27. The SMILES string of the molecule is CCS(=O)(=O)c1ccc(CC(=O)Nc2nc3c(s2)CN(C[C@H]2CCC(C(F)(F)F)OC2)C3C(C)C)nc1. The van der Waals surface area contributed by atoms with Crippen molar-refractivity contribution in [2.24, 2.45) is 11.8 Å². The minimum Gasteiger partial charge on any atom is -0.368 e. The number of hydrogen-bond donors (Lipinski definition) is 1. The number of carbonyl (C=O) groups is 1. The van der Waals surface area contributed by atoms with E-state index in [0.717, 1.165) is 10.6 Å². The molecule has 4 heterocycles. The van der Waals surface area contributed by atoms with Crippen molar-refractivity contribution in [2.75, 3.05) is 24.2 Å². The van der Waals surface area contributed by atoms with Crippen LogP contribution < -0.4 is 5.32 Å². The molecule has 1 saturated heterocycles. The molecule has 3 atom stereocenters. The Morgan fingerprint density at radius 1 is 1.30 bits per heavy atom. The van der Waals surface area contributed by atoms with E-state index in [4.69, 9.17) is 4.74 Å². The number of hydrogen-bond acceptors (Lipinski definition) is 8. The van der Waals surface area contributed by atoms with Crippen LogP contribution in [0.1, 0.15) is 55.9 Å². The van der Waals surface area contributed by atoms with Crippen molar-refractivity contribution < 1.29 is 31.1 Å². The monoisotopic (exact) mass is 560 g/mol. The number of aromatic nitrogens is 2. The summed E-state index contributed by atoms with van der Waals surface area (Å²) >= 11 is 1.40. The lowest BCUT2D eigenvalue weighted by molar-refractivity contribution is -0.236. The summed E-state index contributed by atoms with van der Waals surface area (Å²) in [6.45, 7) is 7.06. The molecule has 0 bridgehead atoms. The van der Waals surface area contributed by atoms with Gasteiger partial charge in [0, 0.05) is 29.9 Å². The smallest absolute Gasteiger partial charge is 0.368 e. The Morgan fingerprint density at radius 2 is 2.05 bits per heavy atom. The highest BCUT2D eigenvalue weighted by molar-refractivity contribution is 7.91. The number of nitrogens with one attached hydrogen (secondary N) is 1. The topological polar surface area (TPSA) is 101 Å². The van der Waals surface area contributed by atoms with Gasteiger partial charge >= 0.3 is 6.18 Å². The number of ether oxygens (including phenoxy) is 1. The second kappa shape index (κ2) is 11.0. The van der Waals surface area contributed by atoms with Crippen LogP contribution in [0, 0.1) is 11.8 Å². The van der Waals surface area contributed by atoms with Gasteiger partial charge in [-0.1, -0.05) is 20.8 Å². The van der Waals surface area contributed by atoms with Crippen molar-refractivity contribution in [1.29, 1.82) is 0 Å². The molecule has 13 heteroatoms. The number of halogens is 3. The van der Waals surface area contributed by atoms with Gasteiger partial charge in [-0.25, -0.2) is 13.4 Å². The van der Waals surface area contributed by atoms with Gasteiger partial charge in [0.25, 0.3) is 0 Å². The first kappa shape index (κ1) is 27.9. The molecule has 2 aliphatic heterocycles. The second-order valence-corrected chi connectivity index (χ2v) is 13.2. The van der Waals surface area contributed by atoms with E-state index < -0.39 is 22.1 Å². The number of anilines is 1. The Morgan fingerprint density at radius 3 is 2.62 bits per heavy atom. The third kappa shape index (κ3) is 6.50. The number of fused-ring (bicyclic) bond motifs is 1. The largest absolute Gasteiger partial charge is 0.414 e. The zero-order valence-electron chi connectivity index (χ0n) is 20.9. The fourth-order valence-corrected chi connectivity index (χ4v) is 6.73. The molecule has 2 aromatic rings. The molecule has 0 saturated carbocycles. The molecule has 1 fully saturated rings. The molecule has 2 aromatic heterocycles. The molecule has 4 rings (SSSR count). The van der Waals surface area contributed by atoms with Gasteiger partial charge < -0.3 is 10.1 Å². The van der Waals surface area contributed by atoms with Gasteiger partial charge in [0.15, 0.2) is 21.1 Å². The molecule has 2 aliphatic rings. The van der Waals surface area contributed by atoms with Crippen molar-refractivity contribution in [3.63, 3.8) is 0 Å². The molecular weight excluding hydrogens is 529 g/mol. The molecule has 0 aliphatic carbocycles. The molecule has 8 nitrogen and oxygen atoms in total. The molecule has 0 aromatic carbocycles. The van der Waals surface area contributed by atoms with Crippen LogP contribution in [-0.4, -0.2) is 60.4 Å². The molecule has 204 valence electrons. The van der Waals surface area contributed by atoms with Crippen molar-refractivity contribution in [2.45, 2.75) is 69.8 Å². The summed E-state index contributed by atoms with van der Waals surface area (Å²) < 4.78 is 67.7. The Balaban J connectivity index is 1.35. The maximum Gasteiger partial charge on any atom is 0.414 e. The standard InChI is InChI=1S/C24H31F3N4O4S2/c1-4-37(33,34)17-7-6-16(28-10-17)9-20(32)29-23-30-21-18(36-23)12-31(22(21)14(2)3)11-15-5-8-19(35-13-15)24(25,26)27/h6-7,10,14-15,19,22H,4-5,8-9,11-13H2,1-3H3,(H,29,30,32)/t15-,19?,22?/m1/s1. The summed E-state index contributed by atoms with van der Waals surface area (Å²) in [7, 11) is -3.35. The molecule has 2 unspecified atom stereocenters. The van der Waals surface area contributed by atoms with Crippen molar-refractivity contribution >= 4 is 32.2 Å². The summed E-state index contributed by atoms with van der Waals surface area (Å²) in [5, 5.41) is 3.30. The van der Waals surface area contributed by atoms with Crippen LogP contribution >= 0.6 is 11.3 Å². The van der Waals surface area contributed by atoms with Crippen molar-refractivity contribution in [1.82, 2.24) is 14.9 Å².